The van der Waals surface area contributed by atoms with Crippen molar-refractivity contribution in [1.29, 1.82) is 0 Å². The monoisotopic (exact) mass is 294 g/mol. The van der Waals surface area contributed by atoms with Crippen LogP contribution in [0.2, 0.25) is 0 Å². The normalized spacial score (nSPS) is 25.1. The first-order chi connectivity index (χ1) is 8.24. The van der Waals surface area contributed by atoms with Crippen molar-refractivity contribution in [3.63, 3.8) is 0 Å². The van der Waals surface area contributed by atoms with Crippen molar-refractivity contribution in [2.24, 2.45) is 5.92 Å². The van der Waals surface area contributed by atoms with Crippen LogP contribution in [0.15, 0.2) is 22.7 Å². The van der Waals surface area contributed by atoms with E-state index in [1.54, 1.807) is 0 Å². The molecule has 1 aliphatic carbocycles. The van der Waals surface area contributed by atoms with Crippen molar-refractivity contribution in [1.82, 2.24) is 5.32 Å². The number of halogens is 1. The summed E-state index contributed by atoms with van der Waals surface area (Å²) in [5, 5.41) is 3.66. The van der Waals surface area contributed by atoms with Crippen molar-refractivity contribution < 1.29 is 0 Å². The molecule has 0 radical (unpaired) electrons. The van der Waals surface area contributed by atoms with E-state index in [0.29, 0.717) is 6.04 Å². The number of benzene rings is 1. The van der Waals surface area contributed by atoms with Crippen LogP contribution in [0.3, 0.4) is 0 Å². The largest absolute Gasteiger partial charge is 0.368 e. The van der Waals surface area contributed by atoms with Gasteiger partial charge in [0.2, 0.25) is 0 Å². The average Bonchev–Trinajstić information content (AvgIpc) is 3.17. The third kappa shape index (κ3) is 2.50. The Kier molecular flexibility index (Phi) is 3.14. The van der Waals surface area contributed by atoms with E-state index in [-0.39, 0.29) is 0 Å². The van der Waals surface area contributed by atoms with E-state index in [4.69, 9.17) is 0 Å². The van der Waals surface area contributed by atoms with E-state index in [1.165, 1.54) is 35.1 Å². The van der Waals surface area contributed by atoms with Crippen LogP contribution >= 0.6 is 15.9 Å². The molecule has 1 unspecified atom stereocenters. The number of aryl methyl sites for hydroxylation is 1. The van der Waals surface area contributed by atoms with E-state index in [1.807, 2.05) is 0 Å². The number of nitrogens with zero attached hydrogens (tertiary/aromatic N) is 1. The molecule has 1 aliphatic heterocycles. The van der Waals surface area contributed by atoms with Crippen LogP contribution in [-0.2, 0) is 0 Å². The molecule has 17 heavy (non-hydrogen) atoms. The van der Waals surface area contributed by atoms with Crippen molar-refractivity contribution in [3.8, 4) is 0 Å². The molecule has 1 atom stereocenters. The summed E-state index contributed by atoms with van der Waals surface area (Å²) in [7, 11) is 0. The van der Waals surface area contributed by atoms with E-state index in [0.717, 1.165) is 19.0 Å². The third-order valence-corrected chi connectivity index (χ3v) is 4.40. The van der Waals surface area contributed by atoms with Gasteiger partial charge in [0.15, 0.2) is 0 Å². The number of hydrogen-bond donors (Lipinski definition) is 1. The summed E-state index contributed by atoms with van der Waals surface area (Å²) in [6.07, 6.45) is 2.84. The summed E-state index contributed by atoms with van der Waals surface area (Å²) in [5.74, 6) is 0.935. The number of anilines is 1. The average molecular weight is 295 g/mol. The van der Waals surface area contributed by atoms with E-state index in [2.05, 4.69) is 51.3 Å². The summed E-state index contributed by atoms with van der Waals surface area (Å²) in [6.45, 7) is 5.62. The highest BCUT2D eigenvalue weighted by Gasteiger charge is 2.34. The van der Waals surface area contributed by atoms with Crippen molar-refractivity contribution in [3.05, 3.63) is 28.2 Å². The zero-order valence-electron chi connectivity index (χ0n) is 10.2. The fraction of sp³-hybridized carbons (Fsp3) is 0.571. The Morgan fingerprint density at radius 1 is 1.35 bits per heavy atom. The molecular formula is C14H19BrN2. The SMILES string of the molecule is Cc1ccc(Br)cc1N1CCNC(C2CC2)C1. The highest BCUT2D eigenvalue weighted by Crippen LogP contribution is 2.35. The lowest BCUT2D eigenvalue weighted by Crippen LogP contribution is -2.52. The van der Waals surface area contributed by atoms with E-state index < -0.39 is 0 Å². The zero-order valence-corrected chi connectivity index (χ0v) is 11.8. The molecule has 2 aliphatic rings. The number of hydrogen-bond acceptors (Lipinski definition) is 2. The lowest BCUT2D eigenvalue weighted by molar-refractivity contribution is 0.418. The Morgan fingerprint density at radius 2 is 2.18 bits per heavy atom. The van der Waals surface area contributed by atoms with Gasteiger partial charge in [0, 0.05) is 35.8 Å². The van der Waals surface area contributed by atoms with Gasteiger partial charge >= 0.3 is 0 Å². The van der Waals surface area contributed by atoms with Crippen LogP contribution in [0.1, 0.15) is 18.4 Å². The second-order valence-corrected chi connectivity index (χ2v) is 6.19. The standard InChI is InChI=1S/C14H19BrN2/c1-10-2-5-12(15)8-14(10)17-7-6-16-13(9-17)11-3-4-11/h2,5,8,11,13,16H,3-4,6-7,9H2,1H3. The van der Waals surface area contributed by atoms with Gasteiger partial charge in [-0.2, -0.15) is 0 Å². The minimum Gasteiger partial charge on any atom is -0.368 e. The maximum absolute atomic E-state index is 3.66. The Bertz CT molecular complexity index is 415. The minimum atomic E-state index is 0.710. The van der Waals surface area contributed by atoms with Crippen LogP contribution in [0.5, 0.6) is 0 Å². The molecule has 0 spiro atoms. The molecule has 0 aromatic heterocycles. The van der Waals surface area contributed by atoms with Crippen LogP contribution in [0.4, 0.5) is 5.69 Å². The predicted octanol–water partition coefficient (Wildman–Crippen LogP) is 2.95. The maximum Gasteiger partial charge on any atom is 0.0408 e. The molecule has 1 aromatic rings. The Morgan fingerprint density at radius 3 is 2.94 bits per heavy atom. The summed E-state index contributed by atoms with van der Waals surface area (Å²) < 4.78 is 1.18. The lowest BCUT2D eigenvalue weighted by Gasteiger charge is -2.36. The zero-order chi connectivity index (χ0) is 11.8. The lowest BCUT2D eigenvalue weighted by atomic mass is 10.1. The van der Waals surface area contributed by atoms with E-state index in [9.17, 15) is 0 Å². The fourth-order valence-electron chi connectivity index (χ4n) is 2.73. The molecule has 0 bridgehead atoms. The van der Waals surface area contributed by atoms with Crippen LogP contribution in [0.25, 0.3) is 0 Å². The number of nitrogens with one attached hydrogen (secondary N) is 1. The van der Waals surface area contributed by atoms with Crippen molar-refractivity contribution in [2.45, 2.75) is 25.8 Å². The second-order valence-electron chi connectivity index (χ2n) is 5.27. The highest BCUT2D eigenvalue weighted by molar-refractivity contribution is 9.10. The van der Waals surface area contributed by atoms with Gasteiger partial charge in [-0.3, -0.25) is 0 Å². The summed E-state index contributed by atoms with van der Waals surface area (Å²) in [4.78, 5) is 2.54. The second kappa shape index (κ2) is 4.62. The first kappa shape index (κ1) is 11.5. The Hall–Kier alpha value is -0.540. The summed E-state index contributed by atoms with van der Waals surface area (Å²) in [5.41, 5.74) is 2.77. The molecule has 1 aromatic carbocycles. The van der Waals surface area contributed by atoms with Crippen LogP contribution in [-0.4, -0.2) is 25.7 Å². The Labute approximate surface area is 112 Å². The van der Waals surface area contributed by atoms with E-state index >= 15 is 0 Å². The Balaban J connectivity index is 1.79. The highest BCUT2D eigenvalue weighted by atomic mass is 79.9. The number of piperazine rings is 1. The topological polar surface area (TPSA) is 15.3 Å². The van der Waals surface area contributed by atoms with Gasteiger partial charge in [0.1, 0.15) is 0 Å². The molecule has 3 rings (SSSR count). The van der Waals surface area contributed by atoms with Gasteiger partial charge in [-0.05, 0) is 43.4 Å². The first-order valence-corrected chi connectivity index (χ1v) is 7.28. The summed E-state index contributed by atoms with van der Waals surface area (Å²) >= 11 is 3.58. The molecule has 2 fully saturated rings. The van der Waals surface area contributed by atoms with Gasteiger partial charge < -0.3 is 10.2 Å². The van der Waals surface area contributed by atoms with Crippen LogP contribution in [0, 0.1) is 12.8 Å². The molecule has 2 nitrogen and oxygen atoms in total. The molecule has 1 saturated heterocycles. The quantitative estimate of drug-likeness (QED) is 0.902. The number of rotatable bonds is 2. The molecule has 1 saturated carbocycles. The fourth-order valence-corrected chi connectivity index (χ4v) is 3.08. The van der Waals surface area contributed by atoms with Gasteiger partial charge in [-0.15, -0.1) is 0 Å². The molecule has 1 N–H and O–H groups in total. The molecular weight excluding hydrogens is 276 g/mol. The molecule has 3 heteroatoms. The van der Waals surface area contributed by atoms with Gasteiger partial charge in [0.25, 0.3) is 0 Å². The van der Waals surface area contributed by atoms with Gasteiger partial charge in [-0.1, -0.05) is 22.0 Å². The minimum absolute atomic E-state index is 0.710. The molecule has 1 heterocycles. The van der Waals surface area contributed by atoms with Gasteiger partial charge in [-0.25, -0.2) is 0 Å². The maximum atomic E-state index is 3.66. The summed E-state index contributed by atoms with van der Waals surface area (Å²) in [6, 6.07) is 7.29. The van der Waals surface area contributed by atoms with Crippen molar-refractivity contribution >= 4 is 21.6 Å². The first-order valence-electron chi connectivity index (χ1n) is 6.48. The third-order valence-electron chi connectivity index (χ3n) is 3.91. The van der Waals surface area contributed by atoms with Crippen molar-refractivity contribution in [2.75, 3.05) is 24.5 Å². The molecule has 92 valence electrons. The van der Waals surface area contributed by atoms with Crippen LogP contribution < -0.4 is 10.2 Å². The molecule has 0 amide bonds. The smallest absolute Gasteiger partial charge is 0.0408 e. The van der Waals surface area contributed by atoms with Gasteiger partial charge in [0.05, 0.1) is 0 Å². The predicted molar refractivity (Wildman–Crippen MR) is 75.6 cm³/mol.